The average Bonchev–Trinajstić information content (AvgIpc) is 3.34. The third-order valence-electron chi connectivity index (χ3n) is 4.66. The van der Waals surface area contributed by atoms with Gasteiger partial charge in [-0.25, -0.2) is 0 Å². The summed E-state index contributed by atoms with van der Waals surface area (Å²) in [6, 6.07) is 16.8. The van der Waals surface area contributed by atoms with Crippen molar-refractivity contribution in [3.63, 3.8) is 0 Å². The summed E-state index contributed by atoms with van der Waals surface area (Å²) in [5.74, 6) is 3.56. The number of hydrogen-bond acceptors (Lipinski definition) is 9. The molecule has 0 saturated carbocycles. The summed E-state index contributed by atoms with van der Waals surface area (Å²) in [4.78, 5) is 4.40. The van der Waals surface area contributed by atoms with E-state index < -0.39 is 0 Å². The van der Waals surface area contributed by atoms with E-state index in [9.17, 15) is 0 Å². The zero-order valence-electron chi connectivity index (χ0n) is 18.0. The van der Waals surface area contributed by atoms with Crippen LogP contribution in [0.25, 0.3) is 23.0 Å². The zero-order valence-corrected chi connectivity index (χ0v) is 18.0. The highest BCUT2D eigenvalue weighted by atomic mass is 16.5. The molecular formula is C23H23N5O4. The second-order valence-corrected chi connectivity index (χ2v) is 6.73. The van der Waals surface area contributed by atoms with Crippen molar-refractivity contribution in [2.45, 2.75) is 13.5 Å². The number of ether oxygens (including phenoxy) is 3. The molecule has 9 nitrogen and oxygen atoms in total. The molecule has 0 amide bonds. The molecule has 0 saturated heterocycles. The largest absolute Gasteiger partial charge is 0.497 e. The molecule has 0 fully saturated rings. The summed E-state index contributed by atoms with van der Waals surface area (Å²) in [5.41, 5.74) is 2.33. The number of rotatable bonds is 9. The Morgan fingerprint density at radius 2 is 1.75 bits per heavy atom. The van der Waals surface area contributed by atoms with Crippen molar-refractivity contribution >= 4 is 5.82 Å². The predicted molar refractivity (Wildman–Crippen MR) is 119 cm³/mol. The van der Waals surface area contributed by atoms with E-state index in [0.29, 0.717) is 42.1 Å². The van der Waals surface area contributed by atoms with E-state index in [1.54, 1.807) is 20.3 Å². The van der Waals surface area contributed by atoms with Gasteiger partial charge in [-0.05, 0) is 61.0 Å². The van der Waals surface area contributed by atoms with Gasteiger partial charge < -0.3 is 24.1 Å². The normalized spacial score (nSPS) is 10.6. The molecule has 0 radical (unpaired) electrons. The van der Waals surface area contributed by atoms with Crippen LogP contribution >= 0.6 is 0 Å². The van der Waals surface area contributed by atoms with Crippen LogP contribution in [-0.2, 0) is 6.54 Å². The highest BCUT2D eigenvalue weighted by Crippen LogP contribution is 2.28. The maximum Gasteiger partial charge on any atom is 0.278 e. The zero-order chi connectivity index (χ0) is 22.3. The highest BCUT2D eigenvalue weighted by Gasteiger charge is 2.13. The number of hydrogen-bond donors (Lipinski definition) is 1. The molecule has 4 aromatic rings. The van der Waals surface area contributed by atoms with Gasteiger partial charge in [0.2, 0.25) is 5.82 Å². The molecule has 4 rings (SSSR count). The standard InChI is InChI=1S/C23H23N5O4/c1-4-31-19-11-5-15(13-20(19)30-3)14-24-21-12-10-18(26-27-21)23-25-22(28-32-23)16-6-8-17(29-2)9-7-16/h5-13H,4,14H2,1-3H3,(H,24,27). The van der Waals surface area contributed by atoms with Gasteiger partial charge in [-0.1, -0.05) is 11.2 Å². The number of nitrogens with zero attached hydrogens (tertiary/aromatic N) is 4. The quantitative estimate of drug-likeness (QED) is 0.415. The molecule has 0 bridgehead atoms. The Labute approximate surface area is 185 Å². The number of anilines is 1. The molecule has 0 aliphatic heterocycles. The number of methoxy groups -OCH3 is 2. The first-order valence-electron chi connectivity index (χ1n) is 10.1. The minimum Gasteiger partial charge on any atom is -0.497 e. The van der Waals surface area contributed by atoms with Gasteiger partial charge in [0.15, 0.2) is 17.2 Å². The second kappa shape index (κ2) is 9.78. The van der Waals surface area contributed by atoms with E-state index in [4.69, 9.17) is 18.7 Å². The summed E-state index contributed by atoms with van der Waals surface area (Å²) in [5, 5.41) is 15.7. The van der Waals surface area contributed by atoms with Crippen molar-refractivity contribution in [2.24, 2.45) is 0 Å². The third-order valence-corrected chi connectivity index (χ3v) is 4.66. The third kappa shape index (κ3) is 4.77. The Kier molecular flexibility index (Phi) is 6.45. The molecule has 0 spiro atoms. The van der Waals surface area contributed by atoms with E-state index >= 15 is 0 Å². The number of benzene rings is 2. The Morgan fingerprint density at radius 3 is 2.44 bits per heavy atom. The summed E-state index contributed by atoms with van der Waals surface area (Å²) in [6.07, 6.45) is 0. The Balaban J connectivity index is 1.41. The summed E-state index contributed by atoms with van der Waals surface area (Å²) in [7, 11) is 3.24. The number of nitrogens with one attached hydrogen (secondary N) is 1. The fraction of sp³-hybridized carbons (Fsp3) is 0.217. The Hall–Kier alpha value is -4.14. The molecule has 0 atom stereocenters. The Bertz CT molecular complexity index is 1160. The van der Waals surface area contributed by atoms with Gasteiger partial charge in [-0.2, -0.15) is 4.98 Å². The van der Waals surface area contributed by atoms with Crippen LogP contribution in [-0.4, -0.2) is 41.2 Å². The molecule has 32 heavy (non-hydrogen) atoms. The van der Waals surface area contributed by atoms with Crippen LogP contribution in [0.15, 0.2) is 59.1 Å². The minimum atomic E-state index is 0.297. The van der Waals surface area contributed by atoms with Crippen LogP contribution in [0.1, 0.15) is 12.5 Å². The monoisotopic (exact) mass is 433 g/mol. The maximum atomic E-state index is 5.55. The van der Waals surface area contributed by atoms with E-state index in [1.807, 2.05) is 55.5 Å². The van der Waals surface area contributed by atoms with Crippen molar-refractivity contribution in [2.75, 3.05) is 26.1 Å². The van der Waals surface area contributed by atoms with Crippen molar-refractivity contribution in [1.29, 1.82) is 0 Å². The fourth-order valence-corrected chi connectivity index (χ4v) is 3.01. The molecule has 9 heteroatoms. The highest BCUT2D eigenvalue weighted by molar-refractivity contribution is 5.59. The first-order chi connectivity index (χ1) is 15.7. The Morgan fingerprint density at radius 1 is 0.906 bits per heavy atom. The lowest BCUT2D eigenvalue weighted by molar-refractivity contribution is 0.310. The van der Waals surface area contributed by atoms with Crippen LogP contribution in [0.4, 0.5) is 5.82 Å². The summed E-state index contributed by atoms with van der Waals surface area (Å²) < 4.78 is 21.4. The molecule has 2 aromatic carbocycles. The van der Waals surface area contributed by atoms with Crippen LogP contribution < -0.4 is 19.5 Å². The van der Waals surface area contributed by atoms with Crippen LogP contribution in [0.5, 0.6) is 17.2 Å². The molecule has 0 unspecified atom stereocenters. The summed E-state index contributed by atoms with van der Waals surface area (Å²) >= 11 is 0. The number of aromatic nitrogens is 4. The fourth-order valence-electron chi connectivity index (χ4n) is 3.01. The van der Waals surface area contributed by atoms with Gasteiger partial charge in [-0.15, -0.1) is 10.2 Å². The average molecular weight is 433 g/mol. The van der Waals surface area contributed by atoms with Gasteiger partial charge in [0, 0.05) is 12.1 Å². The predicted octanol–water partition coefficient (Wildman–Crippen LogP) is 4.22. The smallest absolute Gasteiger partial charge is 0.278 e. The van der Waals surface area contributed by atoms with Crippen molar-refractivity contribution in [3.8, 4) is 40.2 Å². The summed E-state index contributed by atoms with van der Waals surface area (Å²) in [6.45, 7) is 3.07. The van der Waals surface area contributed by atoms with E-state index in [1.165, 1.54) is 0 Å². The molecular weight excluding hydrogens is 410 g/mol. The molecule has 1 N–H and O–H groups in total. The van der Waals surface area contributed by atoms with Crippen LogP contribution in [0.2, 0.25) is 0 Å². The van der Waals surface area contributed by atoms with Gasteiger partial charge in [0.1, 0.15) is 11.6 Å². The lowest BCUT2D eigenvalue weighted by Gasteiger charge is -2.11. The van der Waals surface area contributed by atoms with Crippen molar-refractivity contribution in [1.82, 2.24) is 20.3 Å². The minimum absolute atomic E-state index is 0.297. The van der Waals surface area contributed by atoms with Gasteiger partial charge in [0.05, 0.1) is 20.8 Å². The molecule has 0 aliphatic carbocycles. The van der Waals surface area contributed by atoms with Gasteiger partial charge in [-0.3, -0.25) is 0 Å². The van der Waals surface area contributed by atoms with Crippen LogP contribution in [0.3, 0.4) is 0 Å². The van der Waals surface area contributed by atoms with Crippen molar-refractivity contribution in [3.05, 3.63) is 60.2 Å². The van der Waals surface area contributed by atoms with E-state index in [-0.39, 0.29) is 0 Å². The second-order valence-electron chi connectivity index (χ2n) is 6.73. The maximum absolute atomic E-state index is 5.55. The van der Waals surface area contributed by atoms with Crippen molar-refractivity contribution < 1.29 is 18.7 Å². The first kappa shape index (κ1) is 21.1. The molecule has 0 aliphatic rings. The van der Waals surface area contributed by atoms with Gasteiger partial charge >= 0.3 is 0 Å². The van der Waals surface area contributed by atoms with Crippen LogP contribution in [0, 0.1) is 0 Å². The molecule has 2 aromatic heterocycles. The van der Waals surface area contributed by atoms with E-state index in [0.717, 1.165) is 22.6 Å². The lowest BCUT2D eigenvalue weighted by Crippen LogP contribution is -2.03. The molecule has 2 heterocycles. The first-order valence-corrected chi connectivity index (χ1v) is 10.1. The SMILES string of the molecule is CCOc1ccc(CNc2ccc(-c3nc(-c4ccc(OC)cc4)no3)nn2)cc1OC. The lowest BCUT2D eigenvalue weighted by atomic mass is 10.2. The topological polar surface area (TPSA) is 104 Å². The van der Waals surface area contributed by atoms with Gasteiger partial charge in [0.25, 0.3) is 5.89 Å². The molecule has 164 valence electrons. The van der Waals surface area contributed by atoms with E-state index in [2.05, 4.69) is 25.7 Å².